The molecule has 6 heteroatoms. The molecule has 1 atom stereocenters. The van der Waals surface area contributed by atoms with Gasteiger partial charge in [-0.1, -0.05) is 105 Å². The highest BCUT2D eigenvalue weighted by Gasteiger charge is 2.19. The topological polar surface area (TPSA) is 78.9 Å². The first-order chi connectivity index (χ1) is 17.2. The minimum Gasteiger partial charge on any atom is -0.462 e. The number of esters is 3. The SMILES string of the molecule is CCCCCCCCCCC(=O)OCC(COC(=O)CCCCC(C)C)OC(=O)CCCCC(C)C. The lowest BCUT2D eigenvalue weighted by Gasteiger charge is -2.18. The molecule has 0 N–H and O–H groups in total. The van der Waals surface area contributed by atoms with Crippen molar-refractivity contribution >= 4 is 17.9 Å². The number of carbonyl (C=O) groups is 3. The smallest absolute Gasteiger partial charge is 0.306 e. The lowest BCUT2D eigenvalue weighted by Crippen LogP contribution is -2.30. The maximum Gasteiger partial charge on any atom is 0.306 e. The van der Waals surface area contributed by atoms with Crippen LogP contribution in [0.3, 0.4) is 0 Å². The molecule has 0 spiro atoms. The van der Waals surface area contributed by atoms with Gasteiger partial charge in [-0.05, 0) is 31.1 Å². The third kappa shape index (κ3) is 24.1. The summed E-state index contributed by atoms with van der Waals surface area (Å²) in [4.78, 5) is 36.6. The highest BCUT2D eigenvalue weighted by molar-refractivity contribution is 5.71. The molecule has 0 aliphatic carbocycles. The molecule has 0 bridgehead atoms. The van der Waals surface area contributed by atoms with E-state index in [1.54, 1.807) is 0 Å². The summed E-state index contributed by atoms with van der Waals surface area (Å²) in [5.74, 6) is 0.289. The summed E-state index contributed by atoms with van der Waals surface area (Å²) in [6.07, 6.45) is 15.2. The summed E-state index contributed by atoms with van der Waals surface area (Å²) in [5, 5.41) is 0. The Bertz CT molecular complexity index is 558. The Kier molecular flexibility index (Phi) is 22.7. The van der Waals surface area contributed by atoms with Crippen LogP contribution in [0.1, 0.15) is 144 Å². The number of unbranched alkanes of at least 4 members (excludes halogenated alkanes) is 9. The number of carbonyl (C=O) groups excluding carboxylic acids is 3. The van der Waals surface area contributed by atoms with Gasteiger partial charge in [0, 0.05) is 19.3 Å². The Labute approximate surface area is 221 Å². The van der Waals surface area contributed by atoms with Gasteiger partial charge in [-0.3, -0.25) is 14.4 Å². The molecule has 0 amide bonds. The highest BCUT2D eigenvalue weighted by atomic mass is 16.6. The van der Waals surface area contributed by atoms with Gasteiger partial charge in [-0.25, -0.2) is 0 Å². The summed E-state index contributed by atoms with van der Waals surface area (Å²) in [7, 11) is 0. The van der Waals surface area contributed by atoms with Crippen molar-refractivity contribution in [3.05, 3.63) is 0 Å². The second kappa shape index (κ2) is 23.8. The minimum absolute atomic E-state index is 0.0752. The van der Waals surface area contributed by atoms with Crippen LogP contribution < -0.4 is 0 Å². The molecule has 0 radical (unpaired) electrons. The zero-order chi connectivity index (χ0) is 27.0. The van der Waals surface area contributed by atoms with E-state index in [1.807, 2.05) is 0 Å². The van der Waals surface area contributed by atoms with Crippen molar-refractivity contribution in [2.75, 3.05) is 13.2 Å². The van der Waals surface area contributed by atoms with Crippen molar-refractivity contribution in [3.8, 4) is 0 Å². The molecule has 0 aromatic carbocycles. The van der Waals surface area contributed by atoms with Crippen LogP contribution >= 0.6 is 0 Å². The summed E-state index contributed by atoms with van der Waals surface area (Å²) >= 11 is 0. The van der Waals surface area contributed by atoms with Gasteiger partial charge < -0.3 is 14.2 Å². The molecule has 0 saturated carbocycles. The van der Waals surface area contributed by atoms with Gasteiger partial charge in [0.05, 0.1) is 0 Å². The second-order valence-electron chi connectivity index (χ2n) is 11.0. The van der Waals surface area contributed by atoms with E-state index < -0.39 is 6.10 Å². The molecule has 0 rings (SSSR count). The van der Waals surface area contributed by atoms with Crippen LogP contribution in [0, 0.1) is 11.8 Å². The first kappa shape index (κ1) is 34.4. The minimum atomic E-state index is -0.760. The summed E-state index contributed by atoms with van der Waals surface area (Å²) < 4.78 is 16.2. The van der Waals surface area contributed by atoms with E-state index in [1.165, 1.54) is 32.1 Å². The van der Waals surface area contributed by atoms with E-state index in [0.717, 1.165) is 57.8 Å². The molecule has 0 aromatic heterocycles. The van der Waals surface area contributed by atoms with E-state index >= 15 is 0 Å². The molecule has 0 aliphatic heterocycles. The van der Waals surface area contributed by atoms with Gasteiger partial charge in [0.25, 0.3) is 0 Å². The average Bonchev–Trinajstić information content (AvgIpc) is 2.82. The van der Waals surface area contributed by atoms with Crippen LogP contribution in [0.5, 0.6) is 0 Å². The number of rotatable bonds is 24. The van der Waals surface area contributed by atoms with E-state index in [4.69, 9.17) is 14.2 Å². The maximum absolute atomic E-state index is 12.3. The standard InChI is InChI=1S/C30H56O6/c1-6-7-8-9-10-11-12-13-20-28(31)34-23-27(36-30(33)22-17-15-19-26(4)5)24-35-29(32)21-16-14-18-25(2)3/h25-27H,6-24H2,1-5H3. The van der Waals surface area contributed by atoms with Crippen LogP contribution in [0.25, 0.3) is 0 Å². The van der Waals surface area contributed by atoms with Crippen LogP contribution in [-0.4, -0.2) is 37.2 Å². The predicted octanol–water partition coefficient (Wildman–Crippen LogP) is 7.95. The summed E-state index contributed by atoms with van der Waals surface area (Å²) in [6, 6.07) is 0. The molecule has 212 valence electrons. The van der Waals surface area contributed by atoms with Gasteiger partial charge in [0.2, 0.25) is 0 Å². The average molecular weight is 513 g/mol. The molecule has 0 heterocycles. The number of hydrogen-bond acceptors (Lipinski definition) is 6. The zero-order valence-electron chi connectivity index (χ0n) is 24.1. The van der Waals surface area contributed by atoms with E-state index in [2.05, 4.69) is 34.6 Å². The third-order valence-electron chi connectivity index (χ3n) is 6.22. The van der Waals surface area contributed by atoms with Crippen molar-refractivity contribution in [1.29, 1.82) is 0 Å². The fourth-order valence-corrected chi connectivity index (χ4v) is 3.92. The number of ether oxygens (including phenoxy) is 3. The van der Waals surface area contributed by atoms with Crippen molar-refractivity contribution in [2.45, 2.75) is 150 Å². The van der Waals surface area contributed by atoms with Crippen molar-refractivity contribution in [2.24, 2.45) is 11.8 Å². The monoisotopic (exact) mass is 512 g/mol. The largest absolute Gasteiger partial charge is 0.462 e. The van der Waals surface area contributed by atoms with E-state index in [-0.39, 0.29) is 31.1 Å². The lowest BCUT2D eigenvalue weighted by molar-refractivity contribution is -0.167. The van der Waals surface area contributed by atoms with Crippen LogP contribution in [0.4, 0.5) is 0 Å². The first-order valence-electron chi connectivity index (χ1n) is 14.7. The lowest BCUT2D eigenvalue weighted by atomic mass is 10.1. The quantitative estimate of drug-likeness (QED) is 0.0741. The molecule has 0 fully saturated rings. The Hall–Kier alpha value is -1.59. The predicted molar refractivity (Wildman–Crippen MR) is 146 cm³/mol. The maximum atomic E-state index is 12.3. The van der Waals surface area contributed by atoms with Crippen LogP contribution in [-0.2, 0) is 28.6 Å². The highest BCUT2D eigenvalue weighted by Crippen LogP contribution is 2.12. The van der Waals surface area contributed by atoms with Gasteiger partial charge in [0.15, 0.2) is 6.10 Å². The molecule has 0 aliphatic rings. The molecule has 0 saturated heterocycles. The fourth-order valence-electron chi connectivity index (χ4n) is 3.92. The second-order valence-corrected chi connectivity index (χ2v) is 11.0. The molecular weight excluding hydrogens is 456 g/mol. The normalized spacial score (nSPS) is 12.1. The summed E-state index contributed by atoms with van der Waals surface area (Å²) in [5.41, 5.74) is 0. The van der Waals surface area contributed by atoms with Crippen molar-refractivity contribution in [1.82, 2.24) is 0 Å². The van der Waals surface area contributed by atoms with Crippen LogP contribution in [0.15, 0.2) is 0 Å². The van der Waals surface area contributed by atoms with Crippen molar-refractivity contribution in [3.63, 3.8) is 0 Å². The summed E-state index contributed by atoms with van der Waals surface area (Å²) in [6.45, 7) is 10.7. The molecule has 0 aromatic rings. The number of hydrogen-bond donors (Lipinski definition) is 0. The van der Waals surface area contributed by atoms with E-state index in [0.29, 0.717) is 31.1 Å². The van der Waals surface area contributed by atoms with Gasteiger partial charge in [0.1, 0.15) is 13.2 Å². The Morgan fingerprint density at radius 1 is 0.528 bits per heavy atom. The Morgan fingerprint density at radius 3 is 1.36 bits per heavy atom. The Balaban J connectivity index is 4.36. The molecular formula is C30H56O6. The van der Waals surface area contributed by atoms with Gasteiger partial charge in [-0.15, -0.1) is 0 Å². The van der Waals surface area contributed by atoms with Gasteiger partial charge >= 0.3 is 17.9 Å². The molecule has 36 heavy (non-hydrogen) atoms. The fraction of sp³-hybridized carbons (Fsp3) is 0.900. The van der Waals surface area contributed by atoms with Gasteiger partial charge in [-0.2, -0.15) is 0 Å². The molecule has 1 unspecified atom stereocenters. The third-order valence-corrected chi connectivity index (χ3v) is 6.22. The Morgan fingerprint density at radius 2 is 0.917 bits per heavy atom. The molecule has 6 nitrogen and oxygen atoms in total. The first-order valence-corrected chi connectivity index (χ1v) is 14.7. The zero-order valence-corrected chi connectivity index (χ0v) is 24.1. The van der Waals surface area contributed by atoms with Crippen LogP contribution in [0.2, 0.25) is 0 Å². The van der Waals surface area contributed by atoms with E-state index in [9.17, 15) is 14.4 Å². The van der Waals surface area contributed by atoms with Crippen molar-refractivity contribution < 1.29 is 28.6 Å².